The molecular weight excluding hydrogens is 395 g/mol. The molecule has 0 aliphatic carbocycles. The molecule has 1 unspecified atom stereocenters. The van der Waals surface area contributed by atoms with Gasteiger partial charge in [-0.3, -0.25) is 14.9 Å². The summed E-state index contributed by atoms with van der Waals surface area (Å²) in [6.45, 7) is 1.36. The number of nitro groups is 1. The summed E-state index contributed by atoms with van der Waals surface area (Å²) < 4.78 is 0. The largest absolute Gasteiger partial charge is 0.478 e. The van der Waals surface area contributed by atoms with Gasteiger partial charge in [-0.2, -0.15) is 0 Å². The fraction of sp³-hybridized carbons (Fsp3) is 0.222. The van der Waals surface area contributed by atoms with E-state index in [0.29, 0.717) is 15.6 Å². The molecule has 2 N–H and O–H groups in total. The van der Waals surface area contributed by atoms with Crippen LogP contribution in [0.25, 0.3) is 0 Å². The molecule has 0 aromatic heterocycles. The Morgan fingerprint density at radius 3 is 2.41 bits per heavy atom. The predicted octanol–water partition coefficient (Wildman–Crippen LogP) is 4.60. The van der Waals surface area contributed by atoms with Gasteiger partial charge in [-0.25, -0.2) is 4.79 Å². The molecule has 0 aliphatic rings. The zero-order valence-corrected chi connectivity index (χ0v) is 15.8. The van der Waals surface area contributed by atoms with E-state index < -0.39 is 22.8 Å². The molecule has 0 saturated heterocycles. The highest BCUT2D eigenvalue weighted by Gasteiger charge is 2.22. The molecule has 2 aromatic carbocycles. The Bertz CT molecular complexity index is 881. The Labute approximate surface area is 165 Å². The van der Waals surface area contributed by atoms with E-state index in [1.54, 1.807) is 18.2 Å². The van der Waals surface area contributed by atoms with Crippen LogP contribution in [0.15, 0.2) is 36.4 Å². The van der Waals surface area contributed by atoms with Gasteiger partial charge >= 0.3 is 5.97 Å². The highest BCUT2D eigenvalue weighted by molar-refractivity contribution is 6.36. The maximum absolute atomic E-state index is 12.3. The van der Waals surface area contributed by atoms with E-state index in [-0.39, 0.29) is 29.7 Å². The monoisotopic (exact) mass is 410 g/mol. The van der Waals surface area contributed by atoms with E-state index in [2.05, 4.69) is 5.32 Å². The molecule has 0 saturated carbocycles. The lowest BCUT2D eigenvalue weighted by Gasteiger charge is -2.13. The van der Waals surface area contributed by atoms with Crippen LogP contribution in [-0.4, -0.2) is 21.9 Å². The minimum absolute atomic E-state index is 0.0209. The van der Waals surface area contributed by atoms with E-state index in [0.717, 1.165) is 0 Å². The van der Waals surface area contributed by atoms with Crippen LogP contribution in [0.2, 0.25) is 10.0 Å². The maximum atomic E-state index is 12.3. The Morgan fingerprint density at radius 2 is 1.85 bits per heavy atom. The van der Waals surface area contributed by atoms with Crippen molar-refractivity contribution in [3.8, 4) is 0 Å². The molecule has 7 nitrogen and oxygen atoms in total. The normalized spacial score (nSPS) is 11.7. The lowest BCUT2D eigenvalue weighted by atomic mass is 10.0. The first kappa shape index (κ1) is 20.7. The van der Waals surface area contributed by atoms with E-state index in [4.69, 9.17) is 28.3 Å². The highest BCUT2D eigenvalue weighted by Crippen LogP contribution is 2.28. The zero-order chi connectivity index (χ0) is 20.1. The third-order valence-electron chi connectivity index (χ3n) is 4.00. The fourth-order valence-corrected chi connectivity index (χ4v) is 3.08. The van der Waals surface area contributed by atoms with Crippen LogP contribution in [0.5, 0.6) is 0 Å². The molecule has 0 heterocycles. The predicted molar refractivity (Wildman–Crippen MR) is 102 cm³/mol. The Hall–Kier alpha value is -2.64. The van der Waals surface area contributed by atoms with Crippen molar-refractivity contribution in [3.63, 3.8) is 0 Å². The lowest BCUT2D eigenvalue weighted by molar-refractivity contribution is -0.524. The summed E-state index contributed by atoms with van der Waals surface area (Å²) in [7, 11) is 0. The van der Waals surface area contributed by atoms with Gasteiger partial charge in [-0.05, 0) is 42.3 Å². The lowest BCUT2D eigenvalue weighted by Crippen LogP contribution is -2.17. The van der Waals surface area contributed by atoms with Gasteiger partial charge in [0.25, 0.3) is 0 Å². The third-order valence-corrected chi connectivity index (χ3v) is 4.71. The second-order valence-electron chi connectivity index (χ2n) is 5.82. The zero-order valence-electron chi connectivity index (χ0n) is 14.2. The number of nitrogens with zero attached hydrogens (tertiary/aromatic N) is 1. The summed E-state index contributed by atoms with van der Waals surface area (Å²) >= 11 is 12.1. The first-order valence-electron chi connectivity index (χ1n) is 7.94. The molecule has 2 aromatic rings. The number of benzene rings is 2. The van der Waals surface area contributed by atoms with Gasteiger partial charge in [0, 0.05) is 33.9 Å². The van der Waals surface area contributed by atoms with E-state index in [1.807, 2.05) is 0 Å². The van der Waals surface area contributed by atoms with Crippen molar-refractivity contribution in [2.24, 2.45) is 0 Å². The summed E-state index contributed by atoms with van der Waals surface area (Å²) in [4.78, 5) is 34.1. The molecular formula is C18H16Cl2N2O5. The summed E-state index contributed by atoms with van der Waals surface area (Å²) in [5.74, 6) is -1.64. The van der Waals surface area contributed by atoms with E-state index in [9.17, 15) is 19.7 Å². The van der Waals surface area contributed by atoms with Crippen molar-refractivity contribution in [1.29, 1.82) is 0 Å². The van der Waals surface area contributed by atoms with Gasteiger partial charge in [-0.15, -0.1) is 0 Å². The van der Waals surface area contributed by atoms with Gasteiger partial charge in [0.1, 0.15) is 0 Å². The number of nitrogens with one attached hydrogen (secondary N) is 1. The second-order valence-corrected chi connectivity index (χ2v) is 6.63. The first-order chi connectivity index (χ1) is 12.7. The number of carbonyl (C=O) groups is 2. The number of halogens is 2. The summed E-state index contributed by atoms with van der Waals surface area (Å²) in [6.07, 6.45) is 0.288. The van der Waals surface area contributed by atoms with Crippen LogP contribution in [0.3, 0.4) is 0 Å². The number of carboxylic acids is 1. The molecule has 0 fully saturated rings. The number of anilines is 1. The van der Waals surface area contributed by atoms with Gasteiger partial charge in [0.05, 0.1) is 11.3 Å². The van der Waals surface area contributed by atoms with Crippen LogP contribution in [0.4, 0.5) is 5.69 Å². The quantitative estimate of drug-likeness (QED) is 0.511. The van der Waals surface area contributed by atoms with Gasteiger partial charge in [0.2, 0.25) is 11.9 Å². The van der Waals surface area contributed by atoms with Crippen LogP contribution >= 0.6 is 23.2 Å². The third kappa shape index (κ3) is 5.18. The average Bonchev–Trinajstić information content (AvgIpc) is 2.60. The SMILES string of the molecule is CC(c1ccc(C(=O)O)cc1NC(=O)CCc1c(Cl)cccc1Cl)[N+](=O)[O-]. The van der Waals surface area contributed by atoms with Gasteiger partial charge in [0.15, 0.2) is 0 Å². The van der Waals surface area contributed by atoms with E-state index in [1.165, 1.54) is 25.1 Å². The molecule has 1 amide bonds. The minimum Gasteiger partial charge on any atom is -0.478 e. The summed E-state index contributed by atoms with van der Waals surface area (Å²) in [6, 6.07) is 7.70. The van der Waals surface area contributed by atoms with Crippen LogP contribution in [0, 0.1) is 10.1 Å². The molecule has 142 valence electrons. The number of rotatable bonds is 7. The summed E-state index contributed by atoms with van der Waals surface area (Å²) in [5, 5.41) is 23.6. The minimum atomic E-state index is -1.20. The van der Waals surface area contributed by atoms with E-state index >= 15 is 0 Å². The van der Waals surface area contributed by atoms with Crippen molar-refractivity contribution >= 4 is 40.8 Å². The van der Waals surface area contributed by atoms with Gasteiger partial charge in [-0.1, -0.05) is 29.3 Å². The Kier molecular flexibility index (Phi) is 6.76. The number of aromatic carboxylic acids is 1. The number of carbonyl (C=O) groups excluding carboxylic acids is 1. The van der Waals surface area contributed by atoms with Crippen molar-refractivity contribution in [1.82, 2.24) is 0 Å². The van der Waals surface area contributed by atoms with Crippen LogP contribution < -0.4 is 5.32 Å². The molecule has 0 radical (unpaired) electrons. The number of hydrogen-bond donors (Lipinski definition) is 2. The van der Waals surface area contributed by atoms with Crippen LogP contribution in [0.1, 0.15) is 40.9 Å². The topological polar surface area (TPSA) is 110 Å². The number of amides is 1. The van der Waals surface area contributed by atoms with Crippen molar-refractivity contribution in [3.05, 3.63) is 73.2 Å². The number of carboxylic acid groups (broad SMARTS) is 1. The average molecular weight is 411 g/mol. The smallest absolute Gasteiger partial charge is 0.335 e. The Balaban J connectivity index is 2.21. The Morgan fingerprint density at radius 1 is 1.22 bits per heavy atom. The molecule has 9 heteroatoms. The molecule has 1 atom stereocenters. The number of hydrogen-bond acceptors (Lipinski definition) is 4. The molecule has 2 rings (SSSR count). The van der Waals surface area contributed by atoms with Gasteiger partial charge < -0.3 is 10.4 Å². The standard InChI is InChI=1S/C18H16Cl2N2O5/c1-10(22(26)27)12-6-5-11(18(24)25)9-16(12)21-17(23)8-7-13-14(19)3-2-4-15(13)20/h2-6,9-10H,7-8H2,1H3,(H,21,23)(H,24,25). The molecule has 27 heavy (non-hydrogen) atoms. The molecule has 0 spiro atoms. The van der Waals surface area contributed by atoms with Crippen molar-refractivity contribution < 1.29 is 19.6 Å². The van der Waals surface area contributed by atoms with Crippen molar-refractivity contribution in [2.45, 2.75) is 25.8 Å². The highest BCUT2D eigenvalue weighted by atomic mass is 35.5. The van der Waals surface area contributed by atoms with Crippen LogP contribution in [-0.2, 0) is 11.2 Å². The summed E-state index contributed by atoms with van der Waals surface area (Å²) in [5.41, 5.74) is 0.844. The van der Waals surface area contributed by atoms with Crippen molar-refractivity contribution in [2.75, 3.05) is 5.32 Å². The molecule has 0 aliphatic heterocycles. The second kappa shape index (κ2) is 8.83. The fourth-order valence-electron chi connectivity index (χ4n) is 2.50. The maximum Gasteiger partial charge on any atom is 0.335 e. The first-order valence-corrected chi connectivity index (χ1v) is 8.69. The molecule has 0 bridgehead atoms.